The molecule has 1 atom stereocenters. The van der Waals surface area contributed by atoms with E-state index in [1.165, 1.54) is 0 Å². The van der Waals surface area contributed by atoms with E-state index in [1.807, 2.05) is 42.5 Å². The summed E-state index contributed by atoms with van der Waals surface area (Å²) in [5.74, 6) is 0.615. The lowest BCUT2D eigenvalue weighted by atomic mass is 9.97. The number of carbonyl (C=O) groups is 1. The third kappa shape index (κ3) is 2.57. The number of rotatable bonds is 4. The molecule has 1 aromatic carbocycles. The van der Waals surface area contributed by atoms with Crippen molar-refractivity contribution in [2.45, 2.75) is 18.9 Å². The number of methoxy groups -OCH3 is 1. The third-order valence-electron chi connectivity index (χ3n) is 3.65. The molecule has 0 saturated carbocycles. The molecular weight excluding hydrogens is 268 g/mol. The minimum absolute atomic E-state index is 0.0492. The van der Waals surface area contributed by atoms with Crippen molar-refractivity contribution in [1.82, 2.24) is 0 Å². The highest BCUT2D eigenvalue weighted by Crippen LogP contribution is 2.23. The Kier molecular flexibility index (Phi) is 3.52. The van der Waals surface area contributed by atoms with Gasteiger partial charge in [0.2, 0.25) is 0 Å². The Bertz CT molecular complexity index is 755. The van der Waals surface area contributed by atoms with E-state index in [2.05, 4.69) is 0 Å². The van der Waals surface area contributed by atoms with Gasteiger partial charge >= 0.3 is 5.97 Å². The van der Waals surface area contributed by atoms with Gasteiger partial charge in [0, 0.05) is 17.2 Å². The number of carboxylic acid groups (broad SMARTS) is 1. The van der Waals surface area contributed by atoms with Crippen LogP contribution in [0, 0.1) is 0 Å². The highest BCUT2D eigenvalue weighted by Gasteiger charge is 2.21. The number of aliphatic carboxylic acids is 1. The summed E-state index contributed by atoms with van der Waals surface area (Å²) in [6.45, 7) is 0. The minimum Gasteiger partial charge on any atom is -0.497 e. The second kappa shape index (κ2) is 5.48. The van der Waals surface area contributed by atoms with Gasteiger partial charge in [-0.05, 0) is 23.4 Å². The van der Waals surface area contributed by atoms with Gasteiger partial charge in [-0.15, -0.1) is 0 Å². The Morgan fingerprint density at radius 3 is 2.95 bits per heavy atom. The van der Waals surface area contributed by atoms with Gasteiger partial charge in [-0.2, -0.15) is 0 Å². The van der Waals surface area contributed by atoms with E-state index in [0.29, 0.717) is 12.2 Å². The van der Waals surface area contributed by atoms with Crippen molar-refractivity contribution < 1.29 is 19.4 Å². The van der Waals surface area contributed by atoms with Crippen LogP contribution in [0.2, 0.25) is 0 Å². The number of ether oxygens (including phenoxy) is 2. The molecule has 0 radical (unpaired) electrons. The van der Waals surface area contributed by atoms with Crippen molar-refractivity contribution in [3.05, 3.63) is 52.9 Å². The van der Waals surface area contributed by atoms with E-state index in [1.54, 1.807) is 7.11 Å². The Morgan fingerprint density at radius 1 is 1.33 bits per heavy atom. The second-order valence-corrected chi connectivity index (χ2v) is 4.97. The maximum Gasteiger partial charge on any atom is 0.303 e. The molecule has 1 aliphatic heterocycles. The van der Waals surface area contributed by atoms with Gasteiger partial charge in [0.25, 0.3) is 0 Å². The summed E-state index contributed by atoms with van der Waals surface area (Å²) in [6.07, 6.45) is 8.21. The van der Waals surface area contributed by atoms with Crippen molar-refractivity contribution in [3.63, 3.8) is 0 Å². The number of carboxylic acids is 1. The van der Waals surface area contributed by atoms with Crippen LogP contribution < -0.4 is 15.2 Å². The standard InChI is InChI=1S/C17H16O4/c1-20-11-6-7-12-13-4-2-3-5-15(13)21-16(14(12)10-11)8-9-17(18)19/h2-7,10,15H,8-9H2,1H3,(H,18,19). The summed E-state index contributed by atoms with van der Waals surface area (Å²) in [5, 5.41) is 10.9. The molecule has 108 valence electrons. The minimum atomic E-state index is -0.829. The topological polar surface area (TPSA) is 55.8 Å². The lowest BCUT2D eigenvalue weighted by Gasteiger charge is -2.25. The summed E-state index contributed by atoms with van der Waals surface area (Å²) >= 11 is 0. The number of allylic oxidation sites excluding steroid dienone is 2. The summed E-state index contributed by atoms with van der Waals surface area (Å²) in [5.41, 5.74) is 1.09. The molecule has 1 heterocycles. The molecule has 1 N–H and O–H groups in total. The summed E-state index contributed by atoms with van der Waals surface area (Å²) in [6, 6.07) is 5.82. The highest BCUT2D eigenvalue weighted by atomic mass is 16.5. The lowest BCUT2D eigenvalue weighted by molar-refractivity contribution is -0.137. The molecule has 0 spiro atoms. The van der Waals surface area contributed by atoms with Crippen LogP contribution >= 0.6 is 0 Å². The molecule has 0 bridgehead atoms. The van der Waals surface area contributed by atoms with Gasteiger partial charge in [0.1, 0.15) is 17.6 Å². The Hall–Kier alpha value is -2.49. The number of hydrogen-bond donors (Lipinski definition) is 1. The van der Waals surface area contributed by atoms with E-state index < -0.39 is 5.97 Å². The van der Waals surface area contributed by atoms with Crippen LogP contribution in [-0.4, -0.2) is 24.3 Å². The first kappa shape index (κ1) is 13.5. The Labute approximate surface area is 122 Å². The van der Waals surface area contributed by atoms with E-state index >= 15 is 0 Å². The van der Waals surface area contributed by atoms with Crippen molar-refractivity contribution in [2.75, 3.05) is 7.11 Å². The van der Waals surface area contributed by atoms with E-state index in [0.717, 1.165) is 21.8 Å². The fourth-order valence-electron chi connectivity index (χ4n) is 2.63. The SMILES string of the molecule is COc1ccc2c(c1)=C(CCC(=O)O)OC1C=CC=CC=21. The third-order valence-corrected chi connectivity index (χ3v) is 3.65. The van der Waals surface area contributed by atoms with Crippen LogP contribution in [0.3, 0.4) is 0 Å². The van der Waals surface area contributed by atoms with Crippen molar-refractivity contribution in [2.24, 2.45) is 0 Å². The molecule has 0 aromatic heterocycles. The van der Waals surface area contributed by atoms with Gasteiger partial charge in [-0.25, -0.2) is 0 Å². The molecule has 4 nitrogen and oxygen atoms in total. The Morgan fingerprint density at radius 2 is 2.19 bits per heavy atom. The number of fused-ring (bicyclic) bond motifs is 2. The molecule has 21 heavy (non-hydrogen) atoms. The first-order valence-corrected chi connectivity index (χ1v) is 6.84. The van der Waals surface area contributed by atoms with E-state index in [9.17, 15) is 4.79 Å². The van der Waals surface area contributed by atoms with Gasteiger partial charge in [-0.3, -0.25) is 4.79 Å². The van der Waals surface area contributed by atoms with Crippen LogP contribution in [0.4, 0.5) is 0 Å². The zero-order valence-electron chi connectivity index (χ0n) is 11.7. The van der Waals surface area contributed by atoms with Crippen LogP contribution in [0.15, 0.2) is 42.5 Å². The lowest BCUT2D eigenvalue weighted by Crippen LogP contribution is -2.38. The average molecular weight is 284 g/mol. The summed E-state index contributed by atoms with van der Waals surface area (Å²) in [7, 11) is 1.61. The molecule has 0 amide bonds. The summed E-state index contributed by atoms with van der Waals surface area (Å²) in [4.78, 5) is 10.8. The summed E-state index contributed by atoms with van der Waals surface area (Å²) < 4.78 is 11.3. The first-order valence-electron chi connectivity index (χ1n) is 6.84. The molecule has 1 aliphatic carbocycles. The molecule has 1 unspecified atom stereocenters. The van der Waals surface area contributed by atoms with Gasteiger partial charge in [0.15, 0.2) is 0 Å². The Balaban J connectivity index is 2.20. The molecule has 0 fully saturated rings. The zero-order valence-corrected chi connectivity index (χ0v) is 11.7. The normalized spacial score (nSPS) is 18.8. The van der Waals surface area contributed by atoms with E-state index in [4.69, 9.17) is 14.6 Å². The average Bonchev–Trinajstić information content (AvgIpc) is 2.52. The van der Waals surface area contributed by atoms with Gasteiger partial charge < -0.3 is 14.6 Å². The van der Waals surface area contributed by atoms with Crippen LogP contribution in [0.1, 0.15) is 12.8 Å². The largest absolute Gasteiger partial charge is 0.497 e. The maximum absolute atomic E-state index is 10.8. The van der Waals surface area contributed by atoms with Gasteiger partial charge in [0.05, 0.1) is 13.5 Å². The fraction of sp³-hybridized carbons (Fsp3) is 0.235. The van der Waals surface area contributed by atoms with Crippen molar-refractivity contribution >= 4 is 17.3 Å². The molecule has 4 heteroatoms. The number of benzene rings is 1. The van der Waals surface area contributed by atoms with Crippen LogP contribution in [0.5, 0.6) is 5.75 Å². The predicted molar refractivity (Wildman–Crippen MR) is 79.1 cm³/mol. The molecule has 1 aromatic rings. The number of hydrogen-bond acceptors (Lipinski definition) is 3. The van der Waals surface area contributed by atoms with Crippen molar-refractivity contribution in [1.29, 1.82) is 0 Å². The van der Waals surface area contributed by atoms with Crippen LogP contribution in [-0.2, 0) is 9.53 Å². The van der Waals surface area contributed by atoms with Gasteiger partial charge in [-0.1, -0.05) is 24.3 Å². The maximum atomic E-state index is 10.8. The quantitative estimate of drug-likeness (QED) is 0.906. The van der Waals surface area contributed by atoms with Crippen LogP contribution in [0.25, 0.3) is 11.3 Å². The fourth-order valence-corrected chi connectivity index (χ4v) is 2.63. The second-order valence-electron chi connectivity index (χ2n) is 4.97. The molecule has 3 rings (SSSR count). The predicted octanol–water partition coefficient (Wildman–Crippen LogP) is 1.34. The molecule has 2 aliphatic rings. The highest BCUT2D eigenvalue weighted by molar-refractivity contribution is 5.71. The molecule has 0 saturated heterocycles. The first-order chi connectivity index (χ1) is 10.2. The zero-order chi connectivity index (χ0) is 14.8. The monoisotopic (exact) mass is 284 g/mol. The van der Waals surface area contributed by atoms with Crippen molar-refractivity contribution in [3.8, 4) is 5.75 Å². The van der Waals surface area contributed by atoms with E-state index in [-0.39, 0.29) is 12.5 Å². The smallest absolute Gasteiger partial charge is 0.303 e. The molecular formula is C17H16O4.